The number of nitrogens with zero attached hydrogens (tertiary/aromatic N) is 3. The van der Waals surface area contributed by atoms with Gasteiger partial charge in [-0.15, -0.1) is 0 Å². The average Bonchev–Trinajstić information content (AvgIpc) is 3.57. The minimum atomic E-state index is -0.736. The van der Waals surface area contributed by atoms with Gasteiger partial charge in [0.25, 0.3) is 5.91 Å². The van der Waals surface area contributed by atoms with Gasteiger partial charge in [-0.25, -0.2) is 0 Å². The second kappa shape index (κ2) is 16.5. The van der Waals surface area contributed by atoms with Gasteiger partial charge in [-0.3, -0.25) is 24.6 Å². The number of imide groups is 1. The lowest BCUT2D eigenvalue weighted by Crippen LogP contribution is -2.53. The van der Waals surface area contributed by atoms with Gasteiger partial charge in [-0.05, 0) is 111 Å². The summed E-state index contributed by atoms with van der Waals surface area (Å²) in [7, 11) is 1.56. The van der Waals surface area contributed by atoms with Crippen molar-refractivity contribution in [3.8, 4) is 17.2 Å². The fourth-order valence-electron chi connectivity index (χ4n) is 10.3. The molecule has 1 unspecified atom stereocenters. The van der Waals surface area contributed by atoms with Crippen LogP contribution in [0, 0.1) is 0 Å². The first-order valence-corrected chi connectivity index (χ1v) is 22.0. The maximum absolute atomic E-state index is 13.4. The van der Waals surface area contributed by atoms with Gasteiger partial charge in [0.05, 0.1) is 18.3 Å². The van der Waals surface area contributed by atoms with Gasteiger partial charge >= 0.3 is 0 Å². The predicted octanol–water partition coefficient (Wildman–Crippen LogP) is 6.98. The van der Waals surface area contributed by atoms with Crippen molar-refractivity contribution < 1.29 is 33.7 Å². The van der Waals surface area contributed by atoms with Crippen LogP contribution in [-0.2, 0) is 22.6 Å². The molecule has 320 valence electrons. The van der Waals surface area contributed by atoms with Gasteiger partial charge in [0.2, 0.25) is 11.8 Å². The Morgan fingerprint density at radius 2 is 1.56 bits per heavy atom. The Hall–Kier alpha value is -5.39. The molecule has 0 aromatic heterocycles. The van der Waals surface area contributed by atoms with E-state index < -0.39 is 17.6 Å². The van der Waals surface area contributed by atoms with Gasteiger partial charge in [0, 0.05) is 76.2 Å². The third-order valence-corrected chi connectivity index (χ3v) is 13.4. The highest BCUT2D eigenvalue weighted by molar-refractivity contribution is 6.06. The van der Waals surface area contributed by atoms with E-state index in [4.69, 9.17) is 14.2 Å². The number of amides is 3. The number of nitrogens with one attached hydrogen (secondary N) is 1. The molecule has 3 heterocycles. The number of methoxy groups -OCH3 is 1. The number of rotatable bonds is 11. The third kappa shape index (κ3) is 8.60. The van der Waals surface area contributed by atoms with Gasteiger partial charge in [-0.2, -0.15) is 0 Å². The number of aryl methyl sites for hydroxylation is 1. The molecule has 3 atom stereocenters. The zero-order valence-corrected chi connectivity index (χ0v) is 35.8. The van der Waals surface area contributed by atoms with Gasteiger partial charge < -0.3 is 29.1 Å². The van der Waals surface area contributed by atoms with Crippen LogP contribution in [0.25, 0.3) is 0 Å². The highest BCUT2D eigenvalue weighted by atomic mass is 16.5. The zero-order valence-electron chi connectivity index (χ0n) is 35.8. The molecule has 3 fully saturated rings. The largest absolute Gasteiger partial charge is 0.496 e. The average molecular weight is 827 g/mol. The molecule has 0 bridgehead atoms. The van der Waals surface area contributed by atoms with Crippen molar-refractivity contribution in [3.63, 3.8) is 0 Å². The number of piperidine rings is 1. The Morgan fingerprint density at radius 1 is 0.820 bits per heavy atom. The molecule has 2 N–H and O–H groups in total. The van der Waals surface area contributed by atoms with Crippen LogP contribution in [0.4, 0.5) is 5.69 Å². The Bertz CT molecular complexity index is 2280. The number of hydrogen-bond acceptors (Lipinski definition) is 9. The van der Waals surface area contributed by atoms with E-state index in [1.165, 1.54) is 22.3 Å². The summed E-state index contributed by atoms with van der Waals surface area (Å²) in [5.41, 5.74) is 6.68. The summed E-state index contributed by atoms with van der Waals surface area (Å²) in [5.74, 6) is 1.89. The summed E-state index contributed by atoms with van der Waals surface area (Å²) in [6, 6.07) is 29.5. The van der Waals surface area contributed by atoms with Gasteiger partial charge in [0.1, 0.15) is 35.0 Å². The van der Waals surface area contributed by atoms with Crippen LogP contribution in [0.15, 0.2) is 84.9 Å². The second-order valence-electron chi connectivity index (χ2n) is 18.7. The molecule has 0 radical (unpaired) electrons. The highest BCUT2D eigenvalue weighted by Crippen LogP contribution is 2.48. The number of aliphatic hydroxyl groups is 1. The number of carbonyl (C=O) groups is 3. The smallest absolute Gasteiger partial charge is 0.258 e. The summed E-state index contributed by atoms with van der Waals surface area (Å²) in [5, 5.41) is 13.8. The van der Waals surface area contributed by atoms with Crippen LogP contribution in [0.2, 0.25) is 0 Å². The number of hydrogen-bond donors (Lipinski definition) is 2. The lowest BCUT2D eigenvalue weighted by molar-refractivity contribution is -0.136. The fraction of sp³-hybridized carbons (Fsp3) is 0.460. The van der Waals surface area contributed by atoms with Crippen molar-refractivity contribution in [1.29, 1.82) is 0 Å². The van der Waals surface area contributed by atoms with Crippen LogP contribution in [0.3, 0.4) is 0 Å². The van der Waals surface area contributed by atoms with E-state index in [9.17, 15) is 19.5 Å². The predicted molar refractivity (Wildman–Crippen MR) is 234 cm³/mol. The number of ether oxygens (including phenoxy) is 3. The quantitative estimate of drug-likeness (QED) is 0.155. The maximum atomic E-state index is 13.4. The summed E-state index contributed by atoms with van der Waals surface area (Å²) in [6.07, 6.45) is 4.52. The first-order chi connectivity index (χ1) is 29.3. The summed E-state index contributed by atoms with van der Waals surface area (Å²) >= 11 is 0. The van der Waals surface area contributed by atoms with E-state index in [1.54, 1.807) is 12.0 Å². The topological polar surface area (TPSA) is 121 Å². The molecule has 2 saturated heterocycles. The molecule has 4 aromatic carbocycles. The molecular formula is C50H58N4O7. The molecule has 5 aliphatic rings. The maximum Gasteiger partial charge on any atom is 0.258 e. The fourth-order valence-corrected chi connectivity index (χ4v) is 10.3. The van der Waals surface area contributed by atoms with E-state index in [1.807, 2.05) is 12.1 Å². The number of piperazine rings is 1. The van der Waals surface area contributed by atoms with Crippen molar-refractivity contribution in [2.45, 2.75) is 107 Å². The normalized spacial score (nSPS) is 25.4. The third-order valence-electron chi connectivity index (χ3n) is 13.4. The van der Waals surface area contributed by atoms with Crippen molar-refractivity contribution in [3.05, 3.63) is 118 Å². The molecule has 11 nitrogen and oxygen atoms in total. The van der Waals surface area contributed by atoms with Crippen molar-refractivity contribution in [1.82, 2.24) is 15.1 Å². The number of anilines is 1. The molecule has 0 spiro atoms. The number of benzene rings is 4. The Balaban J connectivity index is 0.777. The van der Waals surface area contributed by atoms with Gasteiger partial charge in [-0.1, -0.05) is 48.5 Å². The van der Waals surface area contributed by atoms with Crippen LogP contribution in [0.5, 0.6) is 17.2 Å². The van der Waals surface area contributed by atoms with Crippen LogP contribution >= 0.6 is 0 Å². The standard InChI is InChI=1S/C50H58N4O7/c1-49(2,3)61-38-15-17-41-34(27-38)12-16-40(32-8-6-5-7-9-32)45(41)33-10-13-37(14-11-33)60-39-29-50(58,30-39)20-21-52-22-24-53(25-23-52)36-26-35-31-54(42-18-19-44(55)51-47(42)56)48(57)46(35)43(28-36)59-4/h5-11,13-15,17,26-28,39-40,42,45,58H,12,16,18-25,29-31H2,1-4H3,(H,51,55,56)/t39?,40-,42?,45+,50?/m1/s1. The number of carbonyl (C=O) groups excluding carboxylic acids is 3. The minimum absolute atomic E-state index is 0.0195. The minimum Gasteiger partial charge on any atom is -0.496 e. The van der Waals surface area contributed by atoms with Crippen LogP contribution < -0.4 is 24.4 Å². The highest BCUT2D eigenvalue weighted by Gasteiger charge is 2.45. The molecule has 3 amide bonds. The molecular weight excluding hydrogens is 769 g/mol. The zero-order chi connectivity index (χ0) is 42.5. The van der Waals surface area contributed by atoms with E-state index in [0.717, 1.165) is 68.3 Å². The lowest BCUT2D eigenvalue weighted by atomic mass is 9.69. The van der Waals surface area contributed by atoms with E-state index in [2.05, 4.69) is 109 Å². The molecule has 2 aliphatic carbocycles. The summed E-state index contributed by atoms with van der Waals surface area (Å²) in [6.45, 7) is 10.7. The summed E-state index contributed by atoms with van der Waals surface area (Å²) < 4.78 is 18.4. The molecule has 3 aliphatic heterocycles. The molecule has 11 heteroatoms. The lowest BCUT2D eigenvalue weighted by Gasteiger charge is -2.45. The van der Waals surface area contributed by atoms with Crippen LogP contribution in [0.1, 0.15) is 109 Å². The monoisotopic (exact) mass is 826 g/mol. The Kier molecular flexibility index (Phi) is 11.1. The van der Waals surface area contributed by atoms with Crippen molar-refractivity contribution >= 4 is 23.4 Å². The Labute approximate surface area is 359 Å². The summed E-state index contributed by atoms with van der Waals surface area (Å²) in [4.78, 5) is 44.0. The van der Waals surface area contributed by atoms with Crippen molar-refractivity contribution in [2.24, 2.45) is 0 Å². The molecule has 61 heavy (non-hydrogen) atoms. The van der Waals surface area contributed by atoms with Crippen LogP contribution in [-0.4, -0.2) is 95.8 Å². The first kappa shape index (κ1) is 41.0. The number of fused-ring (bicyclic) bond motifs is 2. The SMILES string of the molecule is COc1cc(N2CCN(CCC3(O)CC(Oc4ccc([C@@H]5c6ccc(OC(C)(C)C)cc6CC[C@@H]5c5ccccc5)cc4)C3)CC2)cc2c1C(=O)N(C1CCC(=O)NC1=O)C2. The molecule has 9 rings (SSSR count). The first-order valence-electron chi connectivity index (χ1n) is 22.0. The molecule has 4 aromatic rings. The van der Waals surface area contributed by atoms with Gasteiger partial charge in [0.15, 0.2) is 0 Å². The second-order valence-corrected chi connectivity index (χ2v) is 18.7. The molecule has 1 saturated carbocycles. The van der Waals surface area contributed by atoms with E-state index >= 15 is 0 Å². The van der Waals surface area contributed by atoms with E-state index in [-0.39, 0.29) is 35.9 Å². The Morgan fingerprint density at radius 3 is 2.26 bits per heavy atom. The van der Waals surface area contributed by atoms with E-state index in [0.29, 0.717) is 49.5 Å². The van der Waals surface area contributed by atoms with Crippen molar-refractivity contribution in [2.75, 3.05) is 44.7 Å².